The van der Waals surface area contributed by atoms with Crippen molar-refractivity contribution in [2.24, 2.45) is 0 Å². The van der Waals surface area contributed by atoms with Gasteiger partial charge >= 0.3 is 18.2 Å². The van der Waals surface area contributed by atoms with Crippen LogP contribution in [0.1, 0.15) is 25.3 Å². The SMILES string of the molecule is CCOC(Cc1ccc(OCCN(CCOCCCC(F)(F)F)C(=O)Oc2ccc(Cl)cc2Cl)cc1)C(=O)O. The molecule has 0 aliphatic carbocycles. The first-order valence-electron chi connectivity index (χ1n) is 12.1. The molecule has 13 heteroatoms. The van der Waals surface area contributed by atoms with Gasteiger partial charge in [0.1, 0.15) is 12.4 Å². The van der Waals surface area contributed by atoms with Gasteiger partial charge in [0.05, 0.1) is 18.2 Å². The van der Waals surface area contributed by atoms with Gasteiger partial charge in [0.2, 0.25) is 0 Å². The average molecular weight is 596 g/mol. The van der Waals surface area contributed by atoms with E-state index < -0.39 is 30.8 Å². The summed E-state index contributed by atoms with van der Waals surface area (Å²) in [5.41, 5.74) is 0.746. The zero-order valence-electron chi connectivity index (χ0n) is 21.2. The summed E-state index contributed by atoms with van der Waals surface area (Å²) in [6.45, 7) is 2.04. The van der Waals surface area contributed by atoms with Crippen LogP contribution in [0.4, 0.5) is 18.0 Å². The summed E-state index contributed by atoms with van der Waals surface area (Å²) in [7, 11) is 0. The minimum absolute atomic E-state index is 0.0133. The van der Waals surface area contributed by atoms with Gasteiger partial charge in [-0.3, -0.25) is 0 Å². The second-order valence-electron chi connectivity index (χ2n) is 8.24. The topological polar surface area (TPSA) is 94.5 Å². The average Bonchev–Trinajstić information content (AvgIpc) is 2.86. The lowest BCUT2D eigenvalue weighted by molar-refractivity contribution is -0.150. The molecular formula is C26H30Cl2F3NO7. The summed E-state index contributed by atoms with van der Waals surface area (Å²) in [5.74, 6) is -0.474. The van der Waals surface area contributed by atoms with Crippen molar-refractivity contribution in [3.05, 3.63) is 58.1 Å². The number of rotatable bonds is 16. The monoisotopic (exact) mass is 595 g/mol. The van der Waals surface area contributed by atoms with Crippen molar-refractivity contribution in [2.45, 2.75) is 38.5 Å². The molecule has 0 fully saturated rings. The van der Waals surface area contributed by atoms with Crippen LogP contribution in [-0.4, -0.2) is 73.9 Å². The number of benzene rings is 2. The quantitative estimate of drug-likeness (QED) is 0.229. The molecule has 0 spiro atoms. The van der Waals surface area contributed by atoms with Crippen LogP contribution in [0.2, 0.25) is 10.0 Å². The molecule has 0 radical (unpaired) electrons. The molecule has 1 unspecified atom stereocenters. The van der Waals surface area contributed by atoms with Gasteiger partial charge in [-0.2, -0.15) is 13.2 Å². The van der Waals surface area contributed by atoms with E-state index in [0.29, 0.717) is 10.8 Å². The smallest absolute Gasteiger partial charge is 0.415 e. The number of carbonyl (C=O) groups is 2. The van der Waals surface area contributed by atoms with Crippen LogP contribution >= 0.6 is 23.2 Å². The van der Waals surface area contributed by atoms with Gasteiger partial charge in [-0.15, -0.1) is 0 Å². The highest BCUT2D eigenvalue weighted by Crippen LogP contribution is 2.28. The van der Waals surface area contributed by atoms with E-state index in [2.05, 4.69) is 0 Å². The Hall–Kier alpha value is -2.73. The molecule has 0 heterocycles. The minimum atomic E-state index is -4.26. The highest BCUT2D eigenvalue weighted by atomic mass is 35.5. The number of alkyl halides is 3. The fourth-order valence-electron chi connectivity index (χ4n) is 3.29. The third kappa shape index (κ3) is 12.8. The van der Waals surface area contributed by atoms with Gasteiger partial charge in [0.25, 0.3) is 0 Å². The lowest BCUT2D eigenvalue weighted by Crippen LogP contribution is -2.39. The normalized spacial score (nSPS) is 12.2. The molecule has 8 nitrogen and oxygen atoms in total. The summed E-state index contributed by atoms with van der Waals surface area (Å²) >= 11 is 12.0. The second-order valence-corrected chi connectivity index (χ2v) is 9.08. The third-order valence-corrected chi connectivity index (χ3v) is 5.75. The largest absolute Gasteiger partial charge is 0.492 e. The maximum absolute atomic E-state index is 12.8. The molecule has 2 rings (SSSR count). The molecule has 216 valence electrons. The van der Waals surface area contributed by atoms with E-state index in [1.165, 1.54) is 23.1 Å². The van der Waals surface area contributed by atoms with Gasteiger partial charge in [-0.1, -0.05) is 35.3 Å². The number of amides is 1. The van der Waals surface area contributed by atoms with E-state index in [4.69, 9.17) is 42.1 Å². The number of carbonyl (C=O) groups excluding carboxylic acids is 1. The maximum Gasteiger partial charge on any atom is 0.415 e. The molecule has 1 amide bonds. The fraction of sp³-hybridized carbons (Fsp3) is 0.462. The number of hydrogen-bond donors (Lipinski definition) is 1. The first kappa shape index (κ1) is 32.5. The number of carboxylic acids is 1. The van der Waals surface area contributed by atoms with Gasteiger partial charge in [-0.05, 0) is 49.2 Å². The Kier molecular flexibility index (Phi) is 13.7. The number of carboxylic acid groups (broad SMARTS) is 1. The minimum Gasteiger partial charge on any atom is -0.492 e. The molecule has 0 aliphatic heterocycles. The van der Waals surface area contributed by atoms with E-state index in [1.807, 2.05) is 0 Å². The molecule has 1 atom stereocenters. The van der Waals surface area contributed by atoms with E-state index >= 15 is 0 Å². The molecule has 2 aromatic rings. The van der Waals surface area contributed by atoms with Crippen molar-refractivity contribution in [1.29, 1.82) is 0 Å². The van der Waals surface area contributed by atoms with Crippen molar-refractivity contribution in [3.8, 4) is 11.5 Å². The first-order valence-corrected chi connectivity index (χ1v) is 12.9. The lowest BCUT2D eigenvalue weighted by atomic mass is 10.1. The highest BCUT2D eigenvalue weighted by Gasteiger charge is 2.26. The van der Waals surface area contributed by atoms with Gasteiger partial charge < -0.3 is 29.0 Å². The summed E-state index contributed by atoms with van der Waals surface area (Å²) in [6.07, 6.45) is -6.92. The molecule has 0 bridgehead atoms. The van der Waals surface area contributed by atoms with Crippen molar-refractivity contribution >= 4 is 35.3 Å². The predicted octanol–water partition coefficient (Wildman–Crippen LogP) is 6.26. The molecule has 1 N–H and O–H groups in total. The Morgan fingerprint density at radius 3 is 2.33 bits per heavy atom. The summed E-state index contributed by atoms with van der Waals surface area (Å²) in [4.78, 5) is 25.3. The molecule has 0 saturated carbocycles. The van der Waals surface area contributed by atoms with Crippen molar-refractivity contribution in [3.63, 3.8) is 0 Å². The third-order valence-electron chi connectivity index (χ3n) is 5.22. The van der Waals surface area contributed by atoms with Gasteiger partial charge in [0, 0.05) is 37.6 Å². The van der Waals surface area contributed by atoms with Crippen LogP contribution in [0.3, 0.4) is 0 Å². The zero-order chi connectivity index (χ0) is 28.8. The van der Waals surface area contributed by atoms with E-state index in [0.717, 1.165) is 5.56 Å². The highest BCUT2D eigenvalue weighted by molar-refractivity contribution is 6.35. The molecular weight excluding hydrogens is 566 g/mol. The Bertz CT molecular complexity index is 1050. The molecule has 2 aromatic carbocycles. The summed E-state index contributed by atoms with van der Waals surface area (Å²) in [6, 6.07) is 11.1. The molecule has 0 saturated heterocycles. The zero-order valence-corrected chi connectivity index (χ0v) is 22.7. The Labute approximate surface area is 234 Å². The van der Waals surface area contributed by atoms with Crippen LogP contribution in [0.15, 0.2) is 42.5 Å². The number of hydrogen-bond acceptors (Lipinski definition) is 6. The van der Waals surface area contributed by atoms with E-state index in [9.17, 15) is 27.9 Å². The van der Waals surface area contributed by atoms with E-state index in [-0.39, 0.29) is 63.1 Å². The number of halogens is 5. The lowest BCUT2D eigenvalue weighted by Gasteiger charge is -2.22. The summed E-state index contributed by atoms with van der Waals surface area (Å²) < 4.78 is 58.4. The Morgan fingerprint density at radius 1 is 1.03 bits per heavy atom. The Morgan fingerprint density at radius 2 is 1.72 bits per heavy atom. The number of ether oxygens (including phenoxy) is 4. The molecule has 0 aliphatic rings. The van der Waals surface area contributed by atoms with Crippen LogP contribution in [0.25, 0.3) is 0 Å². The number of nitrogens with zero attached hydrogens (tertiary/aromatic N) is 1. The molecule has 39 heavy (non-hydrogen) atoms. The van der Waals surface area contributed by atoms with Crippen molar-refractivity contribution in [2.75, 3.05) is 39.5 Å². The summed E-state index contributed by atoms with van der Waals surface area (Å²) in [5, 5.41) is 9.72. The fourth-order valence-corrected chi connectivity index (χ4v) is 3.74. The van der Waals surface area contributed by atoms with Gasteiger partial charge in [-0.25, -0.2) is 9.59 Å². The van der Waals surface area contributed by atoms with E-state index in [1.54, 1.807) is 31.2 Å². The number of aliphatic carboxylic acids is 1. The first-order chi connectivity index (χ1) is 18.5. The maximum atomic E-state index is 12.8. The van der Waals surface area contributed by atoms with Crippen molar-refractivity contribution in [1.82, 2.24) is 4.90 Å². The van der Waals surface area contributed by atoms with Crippen molar-refractivity contribution < 1.29 is 46.8 Å². The second kappa shape index (κ2) is 16.4. The van der Waals surface area contributed by atoms with Crippen LogP contribution < -0.4 is 9.47 Å². The Balaban J connectivity index is 1.93. The van der Waals surface area contributed by atoms with Crippen LogP contribution in [0.5, 0.6) is 11.5 Å². The standard InChI is InChI=1S/C26H30Cl2F3NO7/c1-2-37-23(24(33)34)16-18-4-7-20(8-5-18)38-15-12-32(11-14-36-13-3-10-26(29,30)31)25(35)39-22-9-6-19(27)17-21(22)28/h4-9,17,23H,2-3,10-16H2,1H3,(H,33,34). The van der Waals surface area contributed by atoms with Crippen LogP contribution in [0, 0.1) is 0 Å². The van der Waals surface area contributed by atoms with Crippen LogP contribution in [-0.2, 0) is 20.7 Å². The predicted molar refractivity (Wildman–Crippen MR) is 139 cm³/mol. The molecule has 0 aromatic heterocycles. The van der Waals surface area contributed by atoms with Gasteiger partial charge in [0.15, 0.2) is 11.9 Å².